The highest BCUT2D eigenvalue weighted by Gasteiger charge is 2.25. The van der Waals surface area contributed by atoms with Crippen molar-refractivity contribution in [3.05, 3.63) is 18.0 Å². The van der Waals surface area contributed by atoms with Gasteiger partial charge in [0.05, 0.1) is 12.3 Å². The lowest BCUT2D eigenvalue weighted by Gasteiger charge is -2.25. The Labute approximate surface area is 104 Å². The molecule has 17 heavy (non-hydrogen) atoms. The predicted octanol–water partition coefficient (Wildman–Crippen LogP) is 2.39. The number of aliphatic hydroxyl groups excluding tert-OH is 1. The Morgan fingerprint density at radius 3 is 2.65 bits per heavy atom. The molecule has 2 atom stereocenters. The van der Waals surface area contributed by atoms with Gasteiger partial charge in [0.1, 0.15) is 6.10 Å². The molecule has 1 aromatic heterocycles. The van der Waals surface area contributed by atoms with Gasteiger partial charge in [0, 0.05) is 24.9 Å². The molecular weight excluding hydrogens is 216 g/mol. The monoisotopic (exact) mass is 240 g/mol. The van der Waals surface area contributed by atoms with Crippen molar-refractivity contribution in [1.29, 1.82) is 0 Å². The molecule has 1 rings (SSSR count). The van der Waals surface area contributed by atoms with E-state index in [1.54, 1.807) is 6.20 Å². The quantitative estimate of drug-likeness (QED) is 0.796. The van der Waals surface area contributed by atoms with Crippen LogP contribution in [0.4, 0.5) is 0 Å². The van der Waals surface area contributed by atoms with Crippen LogP contribution in [0.5, 0.6) is 0 Å². The molecule has 0 aliphatic carbocycles. The molecular formula is C13H24N2O2. The highest BCUT2D eigenvalue weighted by Crippen LogP contribution is 2.24. The van der Waals surface area contributed by atoms with Crippen LogP contribution >= 0.6 is 0 Å². The van der Waals surface area contributed by atoms with E-state index in [1.165, 1.54) is 0 Å². The van der Waals surface area contributed by atoms with E-state index in [0.717, 1.165) is 18.5 Å². The standard InChI is InChI=1S/C13H24N2O2/c1-5-7-15-9-11(8-14-15)12(16)13(10(3)4)17-6-2/h8-10,12-13,16H,5-7H2,1-4H3. The summed E-state index contributed by atoms with van der Waals surface area (Å²) in [6, 6.07) is 0. The number of nitrogens with zero attached hydrogens (tertiary/aromatic N) is 2. The molecule has 1 heterocycles. The average Bonchev–Trinajstić information content (AvgIpc) is 2.73. The number of aromatic nitrogens is 2. The van der Waals surface area contributed by atoms with E-state index < -0.39 is 6.10 Å². The van der Waals surface area contributed by atoms with Gasteiger partial charge in [-0.25, -0.2) is 0 Å². The van der Waals surface area contributed by atoms with Crippen LogP contribution in [0.25, 0.3) is 0 Å². The Morgan fingerprint density at radius 1 is 1.41 bits per heavy atom. The predicted molar refractivity (Wildman–Crippen MR) is 67.7 cm³/mol. The van der Waals surface area contributed by atoms with Crippen LogP contribution in [0.2, 0.25) is 0 Å². The fourth-order valence-electron chi connectivity index (χ4n) is 1.91. The third kappa shape index (κ3) is 3.82. The summed E-state index contributed by atoms with van der Waals surface area (Å²) >= 11 is 0. The average molecular weight is 240 g/mol. The van der Waals surface area contributed by atoms with Gasteiger partial charge in [-0.1, -0.05) is 20.8 Å². The molecule has 0 aromatic carbocycles. The van der Waals surface area contributed by atoms with Crippen LogP contribution < -0.4 is 0 Å². The third-order valence-corrected chi connectivity index (χ3v) is 2.77. The van der Waals surface area contributed by atoms with Gasteiger partial charge in [-0.15, -0.1) is 0 Å². The van der Waals surface area contributed by atoms with Crippen LogP contribution in [-0.4, -0.2) is 27.6 Å². The van der Waals surface area contributed by atoms with E-state index in [2.05, 4.69) is 25.9 Å². The highest BCUT2D eigenvalue weighted by molar-refractivity contribution is 5.10. The second kappa shape index (κ2) is 6.77. The Bertz CT molecular complexity index is 323. The molecule has 2 unspecified atom stereocenters. The number of hydrogen-bond donors (Lipinski definition) is 1. The van der Waals surface area contributed by atoms with E-state index in [-0.39, 0.29) is 12.0 Å². The Morgan fingerprint density at radius 2 is 2.12 bits per heavy atom. The number of rotatable bonds is 7. The first-order valence-electron chi connectivity index (χ1n) is 6.42. The minimum atomic E-state index is -0.597. The first-order chi connectivity index (χ1) is 8.10. The van der Waals surface area contributed by atoms with Gasteiger partial charge < -0.3 is 9.84 Å². The highest BCUT2D eigenvalue weighted by atomic mass is 16.5. The molecule has 0 aliphatic heterocycles. The first-order valence-corrected chi connectivity index (χ1v) is 6.42. The summed E-state index contributed by atoms with van der Waals surface area (Å²) in [5.41, 5.74) is 0.839. The molecule has 4 heteroatoms. The van der Waals surface area contributed by atoms with E-state index in [0.29, 0.717) is 6.61 Å². The second-order valence-electron chi connectivity index (χ2n) is 4.65. The van der Waals surface area contributed by atoms with Crippen molar-refractivity contribution in [1.82, 2.24) is 9.78 Å². The zero-order valence-electron chi connectivity index (χ0n) is 11.3. The molecule has 0 saturated carbocycles. The molecule has 0 bridgehead atoms. The topological polar surface area (TPSA) is 47.3 Å². The zero-order valence-corrected chi connectivity index (χ0v) is 11.3. The summed E-state index contributed by atoms with van der Waals surface area (Å²) in [6.07, 6.45) is 3.91. The van der Waals surface area contributed by atoms with Crippen molar-refractivity contribution in [2.45, 2.75) is 52.9 Å². The minimum absolute atomic E-state index is 0.167. The normalized spacial score (nSPS) is 15.2. The summed E-state index contributed by atoms with van der Waals surface area (Å²) < 4.78 is 7.46. The maximum absolute atomic E-state index is 10.3. The second-order valence-corrected chi connectivity index (χ2v) is 4.65. The van der Waals surface area contributed by atoms with Crippen LogP contribution in [0, 0.1) is 5.92 Å². The van der Waals surface area contributed by atoms with Crippen molar-refractivity contribution in [3.63, 3.8) is 0 Å². The smallest absolute Gasteiger partial charge is 0.108 e. The lowest BCUT2D eigenvalue weighted by molar-refractivity contribution is -0.0585. The molecule has 98 valence electrons. The lowest BCUT2D eigenvalue weighted by atomic mass is 9.98. The van der Waals surface area contributed by atoms with Gasteiger partial charge in [0.25, 0.3) is 0 Å². The van der Waals surface area contributed by atoms with Crippen LogP contribution in [0.3, 0.4) is 0 Å². The van der Waals surface area contributed by atoms with Crippen molar-refractivity contribution >= 4 is 0 Å². The van der Waals surface area contributed by atoms with Gasteiger partial charge in [-0.2, -0.15) is 5.10 Å². The SMILES string of the molecule is CCCn1cc(C(O)C(OCC)C(C)C)cn1. The molecule has 0 radical (unpaired) electrons. The molecule has 0 spiro atoms. The number of ether oxygens (including phenoxy) is 1. The number of hydrogen-bond acceptors (Lipinski definition) is 3. The number of aliphatic hydroxyl groups is 1. The van der Waals surface area contributed by atoms with Gasteiger partial charge >= 0.3 is 0 Å². The van der Waals surface area contributed by atoms with Crippen molar-refractivity contribution < 1.29 is 9.84 Å². The van der Waals surface area contributed by atoms with E-state index in [1.807, 2.05) is 17.8 Å². The Balaban J connectivity index is 2.74. The number of aryl methyl sites for hydroxylation is 1. The van der Waals surface area contributed by atoms with Gasteiger partial charge in [-0.3, -0.25) is 4.68 Å². The maximum Gasteiger partial charge on any atom is 0.108 e. The molecule has 0 saturated heterocycles. The molecule has 0 fully saturated rings. The van der Waals surface area contributed by atoms with Gasteiger partial charge in [0.15, 0.2) is 0 Å². The largest absolute Gasteiger partial charge is 0.386 e. The molecule has 4 nitrogen and oxygen atoms in total. The molecule has 1 N–H and O–H groups in total. The lowest BCUT2D eigenvalue weighted by Crippen LogP contribution is -2.27. The maximum atomic E-state index is 10.3. The third-order valence-electron chi connectivity index (χ3n) is 2.77. The first kappa shape index (κ1) is 14.2. The Hall–Kier alpha value is -0.870. The van der Waals surface area contributed by atoms with Crippen LogP contribution in [0.1, 0.15) is 45.8 Å². The van der Waals surface area contributed by atoms with Crippen LogP contribution in [-0.2, 0) is 11.3 Å². The summed E-state index contributed by atoms with van der Waals surface area (Å²) in [6.45, 7) is 9.66. The summed E-state index contributed by atoms with van der Waals surface area (Å²) in [5, 5.41) is 14.5. The summed E-state index contributed by atoms with van der Waals surface area (Å²) in [4.78, 5) is 0. The molecule has 0 amide bonds. The van der Waals surface area contributed by atoms with Crippen LogP contribution in [0.15, 0.2) is 12.4 Å². The summed E-state index contributed by atoms with van der Waals surface area (Å²) in [5.74, 6) is 0.277. The minimum Gasteiger partial charge on any atom is -0.386 e. The van der Waals surface area contributed by atoms with Gasteiger partial charge in [-0.05, 0) is 19.3 Å². The fraction of sp³-hybridized carbons (Fsp3) is 0.769. The van der Waals surface area contributed by atoms with E-state index in [4.69, 9.17) is 4.74 Å². The molecule has 1 aromatic rings. The fourth-order valence-corrected chi connectivity index (χ4v) is 1.91. The van der Waals surface area contributed by atoms with Crippen molar-refractivity contribution in [2.75, 3.05) is 6.61 Å². The zero-order chi connectivity index (χ0) is 12.8. The molecule has 0 aliphatic rings. The van der Waals surface area contributed by atoms with E-state index >= 15 is 0 Å². The summed E-state index contributed by atoms with van der Waals surface area (Å²) in [7, 11) is 0. The van der Waals surface area contributed by atoms with Gasteiger partial charge in [0.2, 0.25) is 0 Å². The van der Waals surface area contributed by atoms with Crippen molar-refractivity contribution in [3.8, 4) is 0 Å². The van der Waals surface area contributed by atoms with E-state index in [9.17, 15) is 5.11 Å². The van der Waals surface area contributed by atoms with Crippen molar-refractivity contribution in [2.24, 2.45) is 5.92 Å². The Kier molecular flexibility index (Phi) is 5.65.